The van der Waals surface area contributed by atoms with Crippen molar-refractivity contribution in [1.29, 1.82) is 0 Å². The molecule has 1 atom stereocenters. The first-order valence-corrected chi connectivity index (χ1v) is 13.3. The van der Waals surface area contributed by atoms with Crippen LogP contribution in [0.2, 0.25) is 0 Å². The van der Waals surface area contributed by atoms with Crippen molar-refractivity contribution in [3.05, 3.63) is 119 Å². The van der Waals surface area contributed by atoms with Crippen LogP contribution in [0.3, 0.4) is 0 Å². The maximum absolute atomic E-state index is 13.0. The highest BCUT2D eigenvalue weighted by Crippen LogP contribution is 2.45. The summed E-state index contributed by atoms with van der Waals surface area (Å²) in [7, 11) is 0. The highest BCUT2D eigenvalue weighted by atomic mass is 16.6. The Kier molecular flexibility index (Phi) is 6.77. The molecule has 4 N–H and O–H groups in total. The number of hydrogen-bond donors (Lipinski definition) is 3. The summed E-state index contributed by atoms with van der Waals surface area (Å²) < 4.78 is 10.9. The molecule has 2 aliphatic carbocycles. The van der Waals surface area contributed by atoms with E-state index in [-0.39, 0.29) is 25.0 Å². The number of alkyl carbamates (subject to hydrolysis) is 1. The van der Waals surface area contributed by atoms with Crippen molar-refractivity contribution in [3.8, 4) is 22.3 Å². The number of benzene rings is 4. The first-order valence-electron chi connectivity index (χ1n) is 13.3. The van der Waals surface area contributed by atoms with Gasteiger partial charge >= 0.3 is 18.0 Å². The molecule has 0 bridgehead atoms. The number of carboxylic acids is 1. The van der Waals surface area contributed by atoms with Crippen molar-refractivity contribution in [2.24, 2.45) is 5.73 Å². The number of rotatable bonds is 8. The lowest BCUT2D eigenvalue weighted by molar-refractivity contribution is -0.160. The summed E-state index contributed by atoms with van der Waals surface area (Å²) in [4.78, 5) is 37.7. The van der Waals surface area contributed by atoms with Crippen molar-refractivity contribution >= 4 is 18.0 Å². The standard InChI is InChI=1S/C33H28N2O6/c34-33(30(36)37,31(38)40-17-28-24-13-5-1-9-20(24)21-10-2-6-14-25(21)28)19-35-32(39)41-18-29-26-15-7-3-11-22(26)23-12-4-8-16-27(23)29/h1-16,28-29H,17-19,34H2,(H,35,39)(H,36,37). The molecule has 6 rings (SSSR count). The lowest BCUT2D eigenvalue weighted by atomic mass is 9.97. The number of nitrogens with one attached hydrogen (secondary N) is 1. The van der Waals surface area contributed by atoms with Crippen LogP contribution < -0.4 is 11.1 Å². The summed E-state index contributed by atoms with van der Waals surface area (Å²) in [6, 6.07) is 31.4. The average Bonchev–Trinajstić information content (AvgIpc) is 3.50. The summed E-state index contributed by atoms with van der Waals surface area (Å²) in [5.41, 5.74) is 11.8. The van der Waals surface area contributed by atoms with Gasteiger partial charge in [-0.1, -0.05) is 97.1 Å². The SMILES string of the molecule is NC(CNC(=O)OCC1c2ccccc2-c2ccccc21)(C(=O)O)C(=O)OCC1c2ccccc2-c2ccccc21. The van der Waals surface area contributed by atoms with E-state index in [2.05, 4.69) is 5.32 Å². The van der Waals surface area contributed by atoms with Gasteiger partial charge in [0.15, 0.2) is 0 Å². The van der Waals surface area contributed by atoms with Gasteiger partial charge in [0.1, 0.15) is 13.2 Å². The van der Waals surface area contributed by atoms with Gasteiger partial charge < -0.3 is 25.6 Å². The van der Waals surface area contributed by atoms with Crippen LogP contribution in [0.15, 0.2) is 97.1 Å². The molecule has 0 fully saturated rings. The van der Waals surface area contributed by atoms with Gasteiger partial charge in [0.2, 0.25) is 5.54 Å². The molecular weight excluding hydrogens is 520 g/mol. The van der Waals surface area contributed by atoms with Gasteiger partial charge in [0.05, 0.1) is 6.54 Å². The van der Waals surface area contributed by atoms with Crippen LogP contribution in [0.25, 0.3) is 22.3 Å². The van der Waals surface area contributed by atoms with Crippen LogP contribution in [0.4, 0.5) is 4.79 Å². The fraction of sp³-hybridized carbons (Fsp3) is 0.182. The lowest BCUT2D eigenvalue weighted by Crippen LogP contribution is -2.62. The second-order valence-electron chi connectivity index (χ2n) is 10.3. The quantitative estimate of drug-likeness (QED) is 0.216. The van der Waals surface area contributed by atoms with Gasteiger partial charge in [0.25, 0.3) is 0 Å². The molecule has 0 aromatic heterocycles. The molecule has 0 radical (unpaired) electrons. The van der Waals surface area contributed by atoms with Crippen LogP contribution >= 0.6 is 0 Å². The zero-order chi connectivity index (χ0) is 28.6. The number of amides is 1. The van der Waals surface area contributed by atoms with Crippen LogP contribution in [0.1, 0.15) is 34.1 Å². The van der Waals surface area contributed by atoms with E-state index in [0.717, 1.165) is 44.5 Å². The summed E-state index contributed by atoms with van der Waals surface area (Å²) in [5, 5.41) is 12.2. The molecule has 1 amide bonds. The first kappa shape index (κ1) is 26.3. The van der Waals surface area contributed by atoms with Crippen molar-refractivity contribution in [2.75, 3.05) is 19.8 Å². The van der Waals surface area contributed by atoms with Crippen molar-refractivity contribution in [1.82, 2.24) is 5.32 Å². The van der Waals surface area contributed by atoms with E-state index in [4.69, 9.17) is 15.2 Å². The number of hydrogen-bond acceptors (Lipinski definition) is 6. The number of aliphatic carboxylic acids is 1. The molecule has 2 aliphatic rings. The minimum Gasteiger partial charge on any atom is -0.479 e. The predicted octanol–water partition coefficient (Wildman–Crippen LogP) is 4.66. The van der Waals surface area contributed by atoms with Crippen molar-refractivity contribution < 1.29 is 29.0 Å². The van der Waals surface area contributed by atoms with Gasteiger partial charge in [0, 0.05) is 11.8 Å². The largest absolute Gasteiger partial charge is 0.479 e. The highest BCUT2D eigenvalue weighted by molar-refractivity contribution is 6.04. The van der Waals surface area contributed by atoms with E-state index in [9.17, 15) is 19.5 Å². The third-order valence-corrected chi connectivity index (χ3v) is 7.94. The summed E-state index contributed by atoms with van der Waals surface area (Å²) >= 11 is 0. The van der Waals surface area contributed by atoms with E-state index >= 15 is 0 Å². The maximum atomic E-state index is 13.0. The third kappa shape index (κ3) is 4.62. The Labute approximate surface area is 236 Å². The first-order chi connectivity index (χ1) is 19.9. The predicted molar refractivity (Wildman–Crippen MR) is 152 cm³/mol. The van der Waals surface area contributed by atoms with E-state index in [1.807, 2.05) is 97.1 Å². The third-order valence-electron chi connectivity index (χ3n) is 7.94. The van der Waals surface area contributed by atoms with Gasteiger partial charge in [-0.25, -0.2) is 14.4 Å². The van der Waals surface area contributed by atoms with Crippen molar-refractivity contribution in [3.63, 3.8) is 0 Å². The smallest absolute Gasteiger partial charge is 0.407 e. The number of carbonyl (C=O) groups is 3. The molecule has 0 heterocycles. The Morgan fingerprint density at radius 3 is 1.41 bits per heavy atom. The second kappa shape index (κ2) is 10.6. The molecule has 4 aromatic rings. The fourth-order valence-electron chi connectivity index (χ4n) is 5.82. The fourth-order valence-corrected chi connectivity index (χ4v) is 5.82. The number of fused-ring (bicyclic) bond motifs is 6. The van der Waals surface area contributed by atoms with Gasteiger partial charge in [-0.3, -0.25) is 0 Å². The average molecular weight is 549 g/mol. The highest BCUT2D eigenvalue weighted by Gasteiger charge is 2.45. The molecule has 206 valence electrons. The number of nitrogens with two attached hydrogens (primary N) is 1. The van der Waals surface area contributed by atoms with Gasteiger partial charge in [-0.2, -0.15) is 0 Å². The molecule has 0 saturated carbocycles. The number of carboxylic acid groups (broad SMARTS) is 1. The Morgan fingerprint density at radius 1 is 0.659 bits per heavy atom. The molecule has 1 unspecified atom stereocenters. The zero-order valence-corrected chi connectivity index (χ0v) is 22.1. The van der Waals surface area contributed by atoms with E-state index in [1.165, 1.54) is 0 Å². The van der Waals surface area contributed by atoms with Crippen LogP contribution in [-0.2, 0) is 19.1 Å². The van der Waals surface area contributed by atoms with Crippen LogP contribution in [0, 0.1) is 0 Å². The molecule has 0 spiro atoms. The molecule has 41 heavy (non-hydrogen) atoms. The Balaban J connectivity index is 1.09. The zero-order valence-electron chi connectivity index (χ0n) is 22.1. The van der Waals surface area contributed by atoms with E-state index in [0.29, 0.717) is 0 Å². The monoisotopic (exact) mass is 548 g/mol. The number of esters is 1. The van der Waals surface area contributed by atoms with Crippen LogP contribution in [0.5, 0.6) is 0 Å². The minimum atomic E-state index is -2.50. The van der Waals surface area contributed by atoms with Gasteiger partial charge in [-0.05, 0) is 44.5 Å². The number of carbonyl (C=O) groups excluding carboxylic acids is 2. The molecule has 8 heteroatoms. The molecule has 4 aromatic carbocycles. The molecule has 0 saturated heterocycles. The second-order valence-corrected chi connectivity index (χ2v) is 10.3. The summed E-state index contributed by atoms with van der Waals surface area (Å²) in [5.74, 6) is -3.20. The normalized spacial score (nSPS) is 14.7. The molecular formula is C33H28N2O6. The molecule has 8 nitrogen and oxygen atoms in total. The van der Waals surface area contributed by atoms with Gasteiger partial charge in [-0.15, -0.1) is 0 Å². The van der Waals surface area contributed by atoms with Crippen molar-refractivity contribution in [2.45, 2.75) is 17.4 Å². The Bertz CT molecular complexity index is 1580. The minimum absolute atomic E-state index is 0.0372. The van der Waals surface area contributed by atoms with E-state index in [1.54, 1.807) is 0 Å². The maximum Gasteiger partial charge on any atom is 0.407 e. The van der Waals surface area contributed by atoms with E-state index < -0.39 is 30.1 Å². The number of ether oxygens (including phenoxy) is 2. The molecule has 0 aliphatic heterocycles. The Hall–Kier alpha value is -4.95. The topological polar surface area (TPSA) is 128 Å². The van der Waals surface area contributed by atoms with Crippen LogP contribution in [-0.4, -0.2) is 48.4 Å². The summed E-state index contributed by atoms with van der Waals surface area (Å²) in [6.07, 6.45) is -0.880. The lowest BCUT2D eigenvalue weighted by Gasteiger charge is -2.24. The summed E-state index contributed by atoms with van der Waals surface area (Å²) in [6.45, 7) is -0.755. The Morgan fingerprint density at radius 2 is 1.02 bits per heavy atom.